The number of carbonyl (C=O) groups excluding carboxylic acids is 1. The van der Waals surface area contributed by atoms with E-state index >= 15 is 0 Å². The van der Waals surface area contributed by atoms with Gasteiger partial charge in [0.1, 0.15) is 6.33 Å². The average Bonchev–Trinajstić information content (AvgIpc) is 2.68. The minimum atomic E-state index is -0.0630. The second-order valence-corrected chi connectivity index (χ2v) is 6.71. The molecule has 0 unspecified atom stereocenters. The van der Waals surface area contributed by atoms with Crippen LogP contribution < -0.4 is 5.32 Å². The zero-order chi connectivity index (χ0) is 17.6. The van der Waals surface area contributed by atoms with Crippen molar-refractivity contribution in [1.29, 1.82) is 0 Å². The third-order valence-corrected chi connectivity index (χ3v) is 5.05. The van der Waals surface area contributed by atoms with Gasteiger partial charge in [-0.05, 0) is 43.7 Å². The molecule has 1 saturated carbocycles. The van der Waals surface area contributed by atoms with Gasteiger partial charge >= 0.3 is 5.97 Å². The summed E-state index contributed by atoms with van der Waals surface area (Å²) in [5.74, 6) is 0.0118. The molecule has 25 heavy (non-hydrogen) atoms. The average molecular weight is 339 g/mol. The molecule has 2 aromatic rings. The van der Waals surface area contributed by atoms with Gasteiger partial charge in [-0.25, -0.2) is 9.97 Å². The highest BCUT2D eigenvalue weighted by Gasteiger charge is 2.27. The maximum Gasteiger partial charge on any atom is 0.308 e. The molecule has 0 saturated heterocycles. The van der Waals surface area contributed by atoms with Gasteiger partial charge in [0.2, 0.25) is 0 Å². The number of methoxy groups -OCH3 is 1. The van der Waals surface area contributed by atoms with Gasteiger partial charge in [-0.2, -0.15) is 0 Å². The molecule has 1 fully saturated rings. The lowest BCUT2D eigenvalue weighted by molar-refractivity contribution is -0.146. The Hall–Kier alpha value is -2.27. The molecule has 1 N–H and O–H groups in total. The van der Waals surface area contributed by atoms with Crippen LogP contribution in [0.15, 0.2) is 43.0 Å². The molecular formula is C20H25N3O2. The fraction of sp³-hybridized carbons (Fsp3) is 0.450. The number of hydrogen-bond donors (Lipinski definition) is 1. The van der Waals surface area contributed by atoms with Crippen molar-refractivity contribution in [2.45, 2.75) is 44.7 Å². The Labute approximate surface area is 148 Å². The predicted octanol–water partition coefficient (Wildman–Crippen LogP) is 3.53. The SMILES string of the molecule is COC(=O)C1CCC(N[C@@H](C)c2ccc(-c3cncnc3)cc2)CC1. The Kier molecular flexibility index (Phi) is 5.76. The summed E-state index contributed by atoms with van der Waals surface area (Å²) < 4.78 is 4.85. The summed E-state index contributed by atoms with van der Waals surface area (Å²) in [6.45, 7) is 2.19. The zero-order valence-electron chi connectivity index (χ0n) is 14.8. The van der Waals surface area contributed by atoms with Crippen LogP contribution in [0.3, 0.4) is 0 Å². The minimum Gasteiger partial charge on any atom is -0.469 e. The lowest BCUT2D eigenvalue weighted by Crippen LogP contribution is -2.36. The van der Waals surface area contributed by atoms with Crippen LogP contribution in [0.2, 0.25) is 0 Å². The summed E-state index contributed by atoms with van der Waals surface area (Å²) in [5.41, 5.74) is 3.40. The molecule has 1 heterocycles. The highest BCUT2D eigenvalue weighted by molar-refractivity contribution is 5.72. The monoisotopic (exact) mass is 339 g/mol. The highest BCUT2D eigenvalue weighted by atomic mass is 16.5. The van der Waals surface area contributed by atoms with Gasteiger partial charge in [0.25, 0.3) is 0 Å². The Balaban J connectivity index is 1.55. The van der Waals surface area contributed by atoms with Gasteiger partial charge in [-0.3, -0.25) is 4.79 Å². The molecule has 0 aliphatic heterocycles. The first-order valence-corrected chi connectivity index (χ1v) is 8.86. The van der Waals surface area contributed by atoms with E-state index in [1.807, 2.05) is 12.4 Å². The van der Waals surface area contributed by atoms with Crippen molar-refractivity contribution < 1.29 is 9.53 Å². The molecule has 1 aromatic carbocycles. The number of benzene rings is 1. The fourth-order valence-corrected chi connectivity index (χ4v) is 3.52. The third kappa shape index (κ3) is 4.42. The molecule has 0 bridgehead atoms. The van der Waals surface area contributed by atoms with Crippen molar-refractivity contribution in [1.82, 2.24) is 15.3 Å². The van der Waals surface area contributed by atoms with E-state index in [1.54, 1.807) is 6.33 Å². The second-order valence-electron chi connectivity index (χ2n) is 6.71. The first-order chi connectivity index (χ1) is 12.2. The third-order valence-electron chi connectivity index (χ3n) is 5.05. The molecule has 1 atom stereocenters. The number of carbonyl (C=O) groups is 1. The number of hydrogen-bond acceptors (Lipinski definition) is 5. The number of rotatable bonds is 5. The molecule has 5 nitrogen and oxygen atoms in total. The normalized spacial score (nSPS) is 21.5. The van der Waals surface area contributed by atoms with Crippen molar-refractivity contribution in [3.63, 3.8) is 0 Å². The predicted molar refractivity (Wildman–Crippen MR) is 96.8 cm³/mol. The number of nitrogens with one attached hydrogen (secondary N) is 1. The van der Waals surface area contributed by atoms with Gasteiger partial charge in [0.15, 0.2) is 0 Å². The maximum absolute atomic E-state index is 11.6. The van der Waals surface area contributed by atoms with Crippen LogP contribution in [-0.4, -0.2) is 29.1 Å². The Morgan fingerprint density at radius 3 is 2.32 bits per heavy atom. The van der Waals surface area contributed by atoms with E-state index in [0.717, 1.165) is 36.8 Å². The Bertz CT molecular complexity index is 680. The van der Waals surface area contributed by atoms with E-state index in [0.29, 0.717) is 6.04 Å². The van der Waals surface area contributed by atoms with Crippen LogP contribution >= 0.6 is 0 Å². The first kappa shape index (κ1) is 17.5. The standard InChI is InChI=1S/C20H25N3O2/c1-14(23-19-9-7-17(8-10-19)20(24)25-2)15-3-5-16(6-4-15)18-11-21-13-22-12-18/h3-6,11-14,17,19,23H,7-10H2,1-2H3/t14-,17?,19?/m0/s1. The van der Waals surface area contributed by atoms with Crippen LogP contribution in [0.4, 0.5) is 0 Å². The topological polar surface area (TPSA) is 64.1 Å². The molecule has 0 amide bonds. The number of nitrogens with zero attached hydrogens (tertiary/aromatic N) is 2. The van der Waals surface area contributed by atoms with Crippen molar-refractivity contribution in [2.24, 2.45) is 5.92 Å². The lowest BCUT2D eigenvalue weighted by atomic mass is 9.85. The first-order valence-electron chi connectivity index (χ1n) is 8.86. The maximum atomic E-state index is 11.6. The van der Waals surface area contributed by atoms with Crippen LogP contribution in [0, 0.1) is 5.92 Å². The van der Waals surface area contributed by atoms with E-state index < -0.39 is 0 Å². The van der Waals surface area contributed by atoms with Crippen LogP contribution in [0.25, 0.3) is 11.1 Å². The molecule has 1 aromatic heterocycles. The summed E-state index contributed by atoms with van der Waals surface area (Å²) in [6, 6.07) is 9.26. The van der Waals surface area contributed by atoms with Gasteiger partial charge in [-0.15, -0.1) is 0 Å². The van der Waals surface area contributed by atoms with Crippen LogP contribution in [0.5, 0.6) is 0 Å². The quantitative estimate of drug-likeness (QED) is 0.844. The van der Waals surface area contributed by atoms with Crippen molar-refractivity contribution >= 4 is 5.97 Å². The molecule has 132 valence electrons. The molecule has 5 heteroatoms. The van der Waals surface area contributed by atoms with Gasteiger partial charge in [0.05, 0.1) is 13.0 Å². The summed E-state index contributed by atoms with van der Waals surface area (Å²) in [7, 11) is 1.47. The number of ether oxygens (including phenoxy) is 1. The lowest BCUT2D eigenvalue weighted by Gasteiger charge is -2.30. The summed E-state index contributed by atoms with van der Waals surface area (Å²) in [5, 5.41) is 3.70. The summed E-state index contributed by atoms with van der Waals surface area (Å²) >= 11 is 0. The van der Waals surface area contributed by atoms with E-state index in [2.05, 4.69) is 46.5 Å². The van der Waals surface area contributed by atoms with Gasteiger partial charge < -0.3 is 10.1 Å². The Morgan fingerprint density at radius 1 is 1.08 bits per heavy atom. The van der Waals surface area contributed by atoms with E-state index in [4.69, 9.17) is 4.74 Å². The van der Waals surface area contributed by atoms with Crippen molar-refractivity contribution in [3.05, 3.63) is 48.5 Å². The molecule has 1 aliphatic rings. The van der Waals surface area contributed by atoms with E-state index in [9.17, 15) is 4.79 Å². The largest absolute Gasteiger partial charge is 0.469 e. The Morgan fingerprint density at radius 2 is 1.72 bits per heavy atom. The number of esters is 1. The summed E-state index contributed by atoms with van der Waals surface area (Å²) in [4.78, 5) is 19.7. The van der Waals surface area contributed by atoms with E-state index in [1.165, 1.54) is 12.7 Å². The molecule has 1 aliphatic carbocycles. The van der Waals surface area contributed by atoms with E-state index in [-0.39, 0.29) is 17.9 Å². The highest BCUT2D eigenvalue weighted by Crippen LogP contribution is 2.27. The molecular weight excluding hydrogens is 314 g/mol. The van der Waals surface area contributed by atoms with Crippen LogP contribution in [-0.2, 0) is 9.53 Å². The van der Waals surface area contributed by atoms with Crippen molar-refractivity contribution in [3.8, 4) is 11.1 Å². The van der Waals surface area contributed by atoms with Crippen molar-refractivity contribution in [2.75, 3.05) is 7.11 Å². The summed E-state index contributed by atoms with van der Waals surface area (Å²) in [6.07, 6.45) is 9.03. The smallest absolute Gasteiger partial charge is 0.308 e. The molecule has 3 rings (SSSR count). The van der Waals surface area contributed by atoms with Gasteiger partial charge in [0, 0.05) is 30.0 Å². The zero-order valence-corrected chi connectivity index (χ0v) is 14.8. The van der Waals surface area contributed by atoms with Gasteiger partial charge in [-0.1, -0.05) is 24.3 Å². The number of aromatic nitrogens is 2. The second kappa shape index (κ2) is 8.21. The minimum absolute atomic E-state index is 0.0630. The van der Waals surface area contributed by atoms with Crippen LogP contribution in [0.1, 0.15) is 44.2 Å². The molecule has 0 spiro atoms. The fourth-order valence-electron chi connectivity index (χ4n) is 3.52. The molecule has 0 radical (unpaired) electrons.